The van der Waals surface area contributed by atoms with Crippen LogP contribution in [-0.2, 0) is 0 Å². The van der Waals surface area contributed by atoms with Crippen LogP contribution in [0.15, 0.2) is 0 Å². The van der Waals surface area contributed by atoms with Gasteiger partial charge in [0.25, 0.3) is 0 Å². The normalized spacial score (nSPS) is 15.6. The van der Waals surface area contributed by atoms with E-state index in [9.17, 15) is 0 Å². The van der Waals surface area contributed by atoms with Gasteiger partial charge in [0.15, 0.2) is 0 Å². The van der Waals surface area contributed by atoms with Gasteiger partial charge in [0.05, 0.1) is 0 Å². The van der Waals surface area contributed by atoms with Crippen LogP contribution in [0.25, 0.3) is 0 Å². The Labute approximate surface area is 41.7 Å². The van der Waals surface area contributed by atoms with E-state index in [2.05, 4.69) is 15.9 Å². The van der Waals surface area contributed by atoms with Gasteiger partial charge in [-0.05, 0) is 5.83 Å². The summed E-state index contributed by atoms with van der Waals surface area (Å²) in [6.07, 6.45) is 4.50. The number of hydrogen-bond acceptors (Lipinski definition) is 0. The molecule has 0 spiro atoms. The van der Waals surface area contributed by atoms with Crippen LogP contribution < -0.4 is 0 Å². The van der Waals surface area contributed by atoms with Crippen molar-refractivity contribution in [3.63, 3.8) is 0 Å². The Bertz CT molecular complexity index is 8.36. The summed E-state index contributed by atoms with van der Waals surface area (Å²) >= 11 is 2.94. The molecule has 32 valence electrons. The predicted octanol–water partition coefficient (Wildman–Crippen LogP) is 2.18. The first-order valence-corrected chi connectivity index (χ1v) is 3.46. The molecule has 0 bridgehead atoms. The van der Waals surface area contributed by atoms with E-state index in [4.69, 9.17) is 0 Å². The molecule has 1 rings (SSSR count). The Balaban J connectivity index is 0.0000000733. The molecule has 0 radical (unpaired) electrons. The maximum absolute atomic E-state index is 2.94. The topological polar surface area (TPSA) is 0 Å². The fraction of sp³-hybridized carbons (Fsp3) is 1.00. The van der Waals surface area contributed by atoms with Crippen LogP contribution in [0.3, 0.4) is 0 Å². The van der Waals surface area contributed by atoms with E-state index in [1.54, 1.807) is 0 Å². The summed E-state index contributed by atoms with van der Waals surface area (Å²) < 4.78 is 0. The Kier molecular flexibility index (Phi) is 4.91. The van der Waals surface area contributed by atoms with Gasteiger partial charge in [0.2, 0.25) is 0 Å². The van der Waals surface area contributed by atoms with Crippen molar-refractivity contribution < 1.29 is 0 Å². The molecule has 1 fully saturated rings. The summed E-state index contributed by atoms with van der Waals surface area (Å²) in [4.78, 5) is 0. The largest absolute Gasteiger partial charge is 0.0966 e. The third-order valence-electron chi connectivity index (χ3n) is 0.354. The van der Waals surface area contributed by atoms with Crippen LogP contribution in [0.5, 0.6) is 0 Å². The second-order valence-corrected chi connectivity index (χ2v) is 1.06. The fourth-order valence-corrected chi connectivity index (χ4v) is 0. The molecule has 0 aromatic rings. The second-order valence-electron chi connectivity index (χ2n) is 1.06. The fourth-order valence-electron chi connectivity index (χ4n) is 0. The smallest absolute Gasteiger partial charge is 0.00848 e. The van der Waals surface area contributed by atoms with Crippen LogP contribution in [0.4, 0.5) is 0 Å². The summed E-state index contributed by atoms with van der Waals surface area (Å²) in [5, 5.41) is 0. The minimum Gasteiger partial charge on any atom is -0.0966 e. The quantitative estimate of drug-likeness (QED) is 0.449. The highest BCUT2D eigenvalue weighted by Crippen LogP contribution is 2.14. The Morgan fingerprint density at radius 2 is 1.20 bits per heavy atom. The summed E-state index contributed by atoms with van der Waals surface area (Å²) in [7, 11) is 0. The molecular weight excluding hydrogens is 128 g/mol. The first-order valence-electron chi connectivity index (χ1n) is 1.88. The van der Waals surface area contributed by atoms with Gasteiger partial charge in [-0.25, -0.2) is 0 Å². The van der Waals surface area contributed by atoms with Gasteiger partial charge < -0.3 is 0 Å². The third-order valence-corrected chi connectivity index (χ3v) is 0.354. The van der Waals surface area contributed by atoms with Crippen LogP contribution in [0, 0.1) is 0 Å². The summed E-state index contributed by atoms with van der Waals surface area (Å²) in [5.41, 5.74) is 0. The van der Waals surface area contributed by atoms with Gasteiger partial charge >= 0.3 is 0 Å². The van der Waals surface area contributed by atoms with Gasteiger partial charge in [0, 0.05) is 0 Å². The van der Waals surface area contributed by atoms with Crippen molar-refractivity contribution in [2.45, 2.75) is 19.3 Å². The van der Waals surface area contributed by atoms with Gasteiger partial charge in [-0.2, -0.15) is 0 Å². The van der Waals surface area contributed by atoms with E-state index in [1.807, 2.05) is 5.83 Å². The molecule has 0 nitrogen and oxygen atoms in total. The predicted molar refractivity (Wildman–Crippen MR) is 28.7 cm³/mol. The van der Waals surface area contributed by atoms with Crippen molar-refractivity contribution >= 4 is 15.9 Å². The molecule has 1 aliphatic carbocycles. The SMILES string of the molecule is C1CC1.CBr. The zero-order valence-electron chi connectivity index (χ0n) is 3.50. The maximum Gasteiger partial charge on any atom is -0.00848 e. The number of alkyl halides is 1. The molecule has 0 atom stereocenters. The zero-order chi connectivity index (χ0) is 4.12. The van der Waals surface area contributed by atoms with Crippen LogP contribution in [-0.4, -0.2) is 5.83 Å². The third kappa shape index (κ3) is 12.6. The number of halogens is 1. The monoisotopic (exact) mass is 136 g/mol. The Hall–Kier alpha value is 0.480. The first-order chi connectivity index (χ1) is 2.50. The Morgan fingerprint density at radius 1 is 1.00 bits per heavy atom. The van der Waals surface area contributed by atoms with E-state index in [0.717, 1.165) is 0 Å². The van der Waals surface area contributed by atoms with E-state index < -0.39 is 0 Å². The van der Waals surface area contributed by atoms with Crippen molar-refractivity contribution in [1.82, 2.24) is 0 Å². The molecule has 0 amide bonds. The molecule has 0 saturated heterocycles. The van der Waals surface area contributed by atoms with Crippen molar-refractivity contribution in [2.75, 3.05) is 5.83 Å². The minimum atomic E-state index is 1.50. The van der Waals surface area contributed by atoms with Gasteiger partial charge in [0.1, 0.15) is 0 Å². The van der Waals surface area contributed by atoms with Crippen molar-refractivity contribution in [3.05, 3.63) is 0 Å². The highest BCUT2D eigenvalue weighted by atomic mass is 79.9. The van der Waals surface area contributed by atoms with Crippen molar-refractivity contribution in [3.8, 4) is 0 Å². The van der Waals surface area contributed by atoms with Gasteiger partial charge in [-0.15, -0.1) is 0 Å². The average Bonchev–Trinajstić information content (AvgIpc) is 2.19. The molecule has 5 heavy (non-hydrogen) atoms. The number of hydrogen-bond donors (Lipinski definition) is 0. The molecule has 1 aliphatic rings. The minimum absolute atomic E-state index is 1.50. The van der Waals surface area contributed by atoms with E-state index in [1.165, 1.54) is 19.3 Å². The standard InChI is InChI=1S/C3H6.CH3Br/c1-2-3-1;1-2/h1-3H2;1H3. The van der Waals surface area contributed by atoms with E-state index >= 15 is 0 Å². The van der Waals surface area contributed by atoms with Crippen LogP contribution in [0.2, 0.25) is 0 Å². The highest BCUT2D eigenvalue weighted by molar-refractivity contribution is 9.08. The molecule has 0 heterocycles. The molecule has 0 aromatic carbocycles. The van der Waals surface area contributed by atoms with Gasteiger partial charge in [-0.3, -0.25) is 0 Å². The molecular formula is C4H9Br. The molecule has 0 N–H and O–H groups in total. The van der Waals surface area contributed by atoms with Crippen LogP contribution in [0.1, 0.15) is 19.3 Å². The zero-order valence-corrected chi connectivity index (χ0v) is 5.09. The number of rotatable bonds is 0. The second kappa shape index (κ2) is 4.48. The molecule has 0 aromatic heterocycles. The summed E-state index contributed by atoms with van der Waals surface area (Å²) in [6.45, 7) is 0. The lowest BCUT2D eigenvalue weighted by molar-refractivity contribution is 1.50. The molecule has 1 heteroatoms. The summed E-state index contributed by atoms with van der Waals surface area (Å²) in [6, 6.07) is 0. The molecule has 0 aliphatic heterocycles. The Morgan fingerprint density at radius 3 is 1.20 bits per heavy atom. The van der Waals surface area contributed by atoms with Crippen LogP contribution >= 0.6 is 15.9 Å². The van der Waals surface area contributed by atoms with Gasteiger partial charge in [-0.1, -0.05) is 35.2 Å². The maximum atomic E-state index is 2.94. The molecule has 0 unspecified atom stereocenters. The highest BCUT2D eigenvalue weighted by Gasteiger charge is 1.95. The lowest BCUT2D eigenvalue weighted by atomic mass is 11.0. The lowest BCUT2D eigenvalue weighted by Gasteiger charge is -1.05. The average molecular weight is 137 g/mol. The lowest BCUT2D eigenvalue weighted by Crippen LogP contribution is -0.856. The van der Waals surface area contributed by atoms with E-state index in [0.29, 0.717) is 0 Å². The van der Waals surface area contributed by atoms with E-state index in [-0.39, 0.29) is 0 Å². The molecule has 1 saturated carbocycles. The van der Waals surface area contributed by atoms with Crippen molar-refractivity contribution in [1.29, 1.82) is 0 Å². The summed E-state index contributed by atoms with van der Waals surface area (Å²) in [5.74, 6) is 1.81. The van der Waals surface area contributed by atoms with Crippen molar-refractivity contribution in [2.24, 2.45) is 0 Å². The first kappa shape index (κ1) is 5.48.